The topological polar surface area (TPSA) is 84.9 Å². The van der Waals surface area contributed by atoms with Crippen LogP contribution in [0.25, 0.3) is 0 Å². The number of nitrogens with zero attached hydrogens (tertiary/aromatic N) is 2. The van der Waals surface area contributed by atoms with E-state index >= 15 is 0 Å². The lowest BCUT2D eigenvalue weighted by Crippen LogP contribution is -2.57. The molecule has 1 aliphatic rings. The molecule has 1 saturated heterocycles. The summed E-state index contributed by atoms with van der Waals surface area (Å²) in [7, 11) is 2.05. The van der Waals surface area contributed by atoms with E-state index < -0.39 is 11.5 Å². The van der Waals surface area contributed by atoms with Gasteiger partial charge in [0, 0.05) is 38.1 Å². The summed E-state index contributed by atoms with van der Waals surface area (Å²) in [5.74, 6) is -0.852. The molecular formula is C12H24N4O3. The van der Waals surface area contributed by atoms with Gasteiger partial charge in [0.05, 0.1) is 0 Å². The third kappa shape index (κ3) is 6.40. The first-order chi connectivity index (χ1) is 8.78. The van der Waals surface area contributed by atoms with Crippen LogP contribution in [0.2, 0.25) is 0 Å². The highest BCUT2D eigenvalue weighted by Crippen LogP contribution is 2.10. The van der Waals surface area contributed by atoms with Gasteiger partial charge in [0.1, 0.15) is 0 Å². The fraction of sp³-hybridized carbons (Fsp3) is 0.833. The number of hydrogen-bond donors (Lipinski definition) is 3. The van der Waals surface area contributed by atoms with Gasteiger partial charge in [-0.2, -0.15) is 0 Å². The molecule has 0 atom stereocenters. The highest BCUT2D eigenvalue weighted by molar-refractivity contribution is 5.74. The maximum absolute atomic E-state index is 11.8. The van der Waals surface area contributed by atoms with E-state index in [1.165, 1.54) is 0 Å². The summed E-state index contributed by atoms with van der Waals surface area (Å²) < 4.78 is 0. The van der Waals surface area contributed by atoms with Crippen LogP contribution >= 0.6 is 0 Å². The molecule has 1 rings (SSSR count). The van der Waals surface area contributed by atoms with Gasteiger partial charge in [0.15, 0.2) is 0 Å². The first-order valence-electron chi connectivity index (χ1n) is 6.52. The Balaban J connectivity index is 2.31. The van der Waals surface area contributed by atoms with E-state index in [4.69, 9.17) is 5.11 Å². The lowest BCUT2D eigenvalue weighted by atomic mass is 9.99. The first kappa shape index (κ1) is 15.7. The van der Waals surface area contributed by atoms with Crippen LogP contribution in [0, 0.1) is 0 Å². The number of nitrogens with one attached hydrogen (secondary N) is 2. The van der Waals surface area contributed by atoms with Crippen molar-refractivity contribution in [1.82, 2.24) is 20.7 Å². The molecule has 0 aromatic rings. The van der Waals surface area contributed by atoms with Crippen LogP contribution in [0.4, 0.5) is 4.79 Å². The van der Waals surface area contributed by atoms with Crippen molar-refractivity contribution in [2.45, 2.75) is 32.2 Å². The van der Waals surface area contributed by atoms with E-state index in [9.17, 15) is 9.59 Å². The molecule has 1 fully saturated rings. The van der Waals surface area contributed by atoms with E-state index in [2.05, 4.69) is 15.6 Å². The number of hydrogen-bond acceptors (Lipinski definition) is 4. The van der Waals surface area contributed by atoms with Crippen LogP contribution in [-0.2, 0) is 4.79 Å². The molecule has 3 N–H and O–H groups in total. The van der Waals surface area contributed by atoms with E-state index in [1.54, 1.807) is 0 Å². The molecule has 0 aliphatic carbocycles. The summed E-state index contributed by atoms with van der Waals surface area (Å²) in [5.41, 5.74) is 2.26. The Morgan fingerprint density at radius 2 is 1.79 bits per heavy atom. The zero-order chi connectivity index (χ0) is 14.5. The second kappa shape index (κ2) is 6.72. The van der Waals surface area contributed by atoms with Gasteiger partial charge in [0.25, 0.3) is 0 Å². The Labute approximate surface area is 113 Å². The number of rotatable bonds is 5. The second-order valence-electron chi connectivity index (χ2n) is 5.63. The second-order valence-corrected chi connectivity index (χ2v) is 5.63. The molecule has 1 heterocycles. The largest absolute Gasteiger partial charge is 0.481 e. The van der Waals surface area contributed by atoms with Crippen LogP contribution in [-0.4, -0.2) is 65.8 Å². The molecule has 0 bridgehead atoms. The molecule has 0 aromatic carbocycles. The van der Waals surface area contributed by atoms with Gasteiger partial charge in [-0.05, 0) is 27.3 Å². The number of carbonyl (C=O) groups is 2. The Hall–Kier alpha value is -1.34. The van der Waals surface area contributed by atoms with Crippen LogP contribution in [0.1, 0.15) is 26.7 Å². The molecule has 7 nitrogen and oxygen atoms in total. The molecule has 0 radical (unpaired) electrons. The number of amides is 2. The Kier molecular flexibility index (Phi) is 5.56. The SMILES string of the molecule is CN1CCN(NC(=O)NC(C)(C)CCC(=O)O)CC1. The zero-order valence-corrected chi connectivity index (χ0v) is 11.9. The minimum Gasteiger partial charge on any atom is -0.481 e. The van der Waals surface area contributed by atoms with E-state index in [1.807, 2.05) is 25.9 Å². The summed E-state index contributed by atoms with van der Waals surface area (Å²) in [6.07, 6.45) is 0.445. The number of carbonyl (C=O) groups excluding carboxylic acids is 1. The van der Waals surface area contributed by atoms with Crippen LogP contribution in [0.15, 0.2) is 0 Å². The molecule has 0 saturated carbocycles. The normalized spacial score (nSPS) is 18.1. The Morgan fingerprint density at radius 1 is 1.21 bits per heavy atom. The highest BCUT2D eigenvalue weighted by Gasteiger charge is 2.23. The van der Waals surface area contributed by atoms with E-state index in [0.29, 0.717) is 6.42 Å². The highest BCUT2D eigenvalue weighted by atomic mass is 16.4. The van der Waals surface area contributed by atoms with Crippen molar-refractivity contribution in [2.24, 2.45) is 0 Å². The van der Waals surface area contributed by atoms with Gasteiger partial charge in [0.2, 0.25) is 0 Å². The minimum absolute atomic E-state index is 0.0434. The van der Waals surface area contributed by atoms with Crippen molar-refractivity contribution in [3.8, 4) is 0 Å². The summed E-state index contributed by atoms with van der Waals surface area (Å²) in [5, 5.41) is 13.3. The summed E-state index contributed by atoms with van der Waals surface area (Å²) in [6.45, 7) is 7.06. The minimum atomic E-state index is -0.852. The first-order valence-corrected chi connectivity index (χ1v) is 6.52. The van der Waals surface area contributed by atoms with Crippen molar-refractivity contribution < 1.29 is 14.7 Å². The maximum atomic E-state index is 11.8. The molecule has 0 unspecified atom stereocenters. The lowest BCUT2D eigenvalue weighted by Gasteiger charge is -2.34. The van der Waals surface area contributed by atoms with Gasteiger partial charge in [-0.25, -0.2) is 9.80 Å². The smallest absolute Gasteiger partial charge is 0.329 e. The van der Waals surface area contributed by atoms with E-state index in [-0.39, 0.29) is 12.5 Å². The maximum Gasteiger partial charge on any atom is 0.329 e. The third-order valence-electron chi connectivity index (χ3n) is 3.18. The quantitative estimate of drug-likeness (QED) is 0.660. The van der Waals surface area contributed by atoms with Gasteiger partial charge in [-0.1, -0.05) is 0 Å². The van der Waals surface area contributed by atoms with Crippen molar-refractivity contribution in [3.05, 3.63) is 0 Å². The van der Waals surface area contributed by atoms with E-state index in [0.717, 1.165) is 26.2 Å². The van der Waals surface area contributed by atoms with Crippen LogP contribution in [0.3, 0.4) is 0 Å². The predicted octanol–water partition coefficient (Wildman–Crippen LogP) is 0.0914. The fourth-order valence-corrected chi connectivity index (χ4v) is 1.88. The summed E-state index contributed by atoms with van der Waals surface area (Å²) >= 11 is 0. The number of hydrazine groups is 1. The molecule has 0 spiro atoms. The van der Waals surface area contributed by atoms with Gasteiger partial charge in [-0.15, -0.1) is 0 Å². The average molecular weight is 272 g/mol. The van der Waals surface area contributed by atoms with Crippen molar-refractivity contribution >= 4 is 12.0 Å². The van der Waals surface area contributed by atoms with Gasteiger partial charge in [-0.3, -0.25) is 10.2 Å². The fourth-order valence-electron chi connectivity index (χ4n) is 1.88. The number of aliphatic carboxylic acids is 1. The number of urea groups is 1. The van der Waals surface area contributed by atoms with Crippen LogP contribution in [0.5, 0.6) is 0 Å². The molecule has 2 amide bonds. The summed E-state index contributed by atoms with van der Waals surface area (Å²) in [4.78, 5) is 24.6. The lowest BCUT2D eigenvalue weighted by molar-refractivity contribution is -0.137. The van der Waals surface area contributed by atoms with Crippen molar-refractivity contribution in [2.75, 3.05) is 33.2 Å². The Morgan fingerprint density at radius 3 is 2.32 bits per heavy atom. The molecule has 7 heteroatoms. The standard InChI is InChI=1S/C12H24N4O3/c1-12(2,5-4-10(17)18)13-11(19)14-16-8-6-15(3)7-9-16/h4-9H2,1-3H3,(H,17,18)(H2,13,14,19). The molecular weight excluding hydrogens is 248 g/mol. The monoisotopic (exact) mass is 272 g/mol. The molecule has 0 aromatic heterocycles. The summed E-state index contributed by atoms with van der Waals surface area (Å²) in [6, 6.07) is -0.278. The average Bonchev–Trinajstić information content (AvgIpc) is 2.29. The van der Waals surface area contributed by atoms with Crippen molar-refractivity contribution in [3.63, 3.8) is 0 Å². The Bertz CT molecular complexity index is 325. The van der Waals surface area contributed by atoms with Gasteiger partial charge >= 0.3 is 12.0 Å². The molecule has 1 aliphatic heterocycles. The van der Waals surface area contributed by atoms with Crippen LogP contribution < -0.4 is 10.7 Å². The number of carboxylic acid groups (broad SMARTS) is 1. The number of carboxylic acids is 1. The zero-order valence-electron chi connectivity index (χ0n) is 11.9. The van der Waals surface area contributed by atoms with Gasteiger partial charge < -0.3 is 15.3 Å². The van der Waals surface area contributed by atoms with Crippen molar-refractivity contribution in [1.29, 1.82) is 0 Å². The third-order valence-corrected chi connectivity index (χ3v) is 3.18. The number of likely N-dealkylation sites (N-methyl/N-ethyl adjacent to an activating group) is 1. The number of piperazine rings is 1. The molecule has 110 valence electrons. The molecule has 19 heavy (non-hydrogen) atoms. The predicted molar refractivity (Wildman–Crippen MR) is 71.7 cm³/mol.